The Bertz CT molecular complexity index is 423. The zero-order valence-electron chi connectivity index (χ0n) is 11.9. The third-order valence-electron chi connectivity index (χ3n) is 4.19. The van der Waals surface area contributed by atoms with E-state index in [9.17, 15) is 0 Å². The van der Waals surface area contributed by atoms with Gasteiger partial charge in [-0.3, -0.25) is 4.90 Å². The van der Waals surface area contributed by atoms with Gasteiger partial charge in [0.1, 0.15) is 12.4 Å². The summed E-state index contributed by atoms with van der Waals surface area (Å²) in [5.41, 5.74) is 1.37. The lowest BCUT2D eigenvalue weighted by Gasteiger charge is -2.35. The lowest BCUT2D eigenvalue weighted by atomic mass is 10.0. The van der Waals surface area contributed by atoms with Gasteiger partial charge in [-0.15, -0.1) is 0 Å². The van der Waals surface area contributed by atoms with Crippen LogP contribution in [-0.2, 0) is 0 Å². The number of ether oxygens (including phenoxy) is 1. The van der Waals surface area contributed by atoms with E-state index in [2.05, 4.69) is 48.3 Å². The van der Waals surface area contributed by atoms with Crippen LogP contribution in [-0.4, -0.2) is 37.7 Å². The van der Waals surface area contributed by atoms with Gasteiger partial charge in [0.2, 0.25) is 0 Å². The van der Waals surface area contributed by atoms with Crippen molar-refractivity contribution in [1.29, 1.82) is 0 Å². The first-order valence-electron chi connectivity index (χ1n) is 7.40. The summed E-state index contributed by atoms with van der Waals surface area (Å²) in [6.45, 7) is 10.0. The summed E-state index contributed by atoms with van der Waals surface area (Å²) in [4.78, 5) is 2.63. The van der Waals surface area contributed by atoms with E-state index in [0.29, 0.717) is 17.9 Å². The maximum atomic E-state index is 5.85. The molecule has 0 amide bonds. The molecule has 1 saturated heterocycles. The molecule has 0 saturated carbocycles. The standard InChI is InChI=1S/C16H24N2O/c1-12-7-17-8-13(2)10-18(9-12)15-11-19-16-6-4-3-5-14(15)16/h3-6,12-13,15,17H,7-11H2,1-2H3. The summed E-state index contributed by atoms with van der Waals surface area (Å²) in [6.07, 6.45) is 0. The predicted molar refractivity (Wildman–Crippen MR) is 77.4 cm³/mol. The van der Waals surface area contributed by atoms with Crippen molar-refractivity contribution >= 4 is 0 Å². The van der Waals surface area contributed by atoms with E-state index < -0.39 is 0 Å². The van der Waals surface area contributed by atoms with E-state index in [0.717, 1.165) is 38.5 Å². The van der Waals surface area contributed by atoms with Crippen LogP contribution in [0, 0.1) is 11.8 Å². The Balaban J connectivity index is 1.80. The minimum atomic E-state index is 0.444. The highest BCUT2D eigenvalue weighted by atomic mass is 16.5. The Labute approximate surface area is 115 Å². The van der Waals surface area contributed by atoms with Crippen molar-refractivity contribution in [3.63, 3.8) is 0 Å². The Hall–Kier alpha value is -1.06. The maximum absolute atomic E-state index is 5.85. The fourth-order valence-electron chi connectivity index (χ4n) is 3.28. The molecule has 104 valence electrons. The minimum absolute atomic E-state index is 0.444. The quantitative estimate of drug-likeness (QED) is 0.838. The lowest BCUT2D eigenvalue weighted by Crippen LogP contribution is -2.44. The van der Waals surface area contributed by atoms with Gasteiger partial charge in [-0.2, -0.15) is 0 Å². The maximum Gasteiger partial charge on any atom is 0.124 e. The van der Waals surface area contributed by atoms with E-state index in [4.69, 9.17) is 4.74 Å². The lowest BCUT2D eigenvalue weighted by molar-refractivity contribution is 0.114. The highest BCUT2D eigenvalue weighted by Gasteiger charge is 2.31. The van der Waals surface area contributed by atoms with Gasteiger partial charge in [0.05, 0.1) is 6.04 Å². The molecule has 0 spiro atoms. The first-order chi connectivity index (χ1) is 9.24. The minimum Gasteiger partial charge on any atom is -0.491 e. The largest absolute Gasteiger partial charge is 0.491 e. The average Bonchev–Trinajstić information content (AvgIpc) is 2.79. The van der Waals surface area contributed by atoms with Crippen molar-refractivity contribution in [2.75, 3.05) is 32.8 Å². The number of para-hydroxylation sites is 1. The summed E-state index contributed by atoms with van der Waals surface area (Å²) >= 11 is 0. The van der Waals surface area contributed by atoms with Gasteiger partial charge in [0.15, 0.2) is 0 Å². The second-order valence-electron chi connectivity index (χ2n) is 6.19. The third-order valence-corrected chi connectivity index (χ3v) is 4.19. The van der Waals surface area contributed by atoms with Crippen LogP contribution < -0.4 is 10.1 Å². The normalized spacial score (nSPS) is 32.2. The van der Waals surface area contributed by atoms with Crippen molar-refractivity contribution in [1.82, 2.24) is 10.2 Å². The number of nitrogens with one attached hydrogen (secondary N) is 1. The molecule has 1 fully saturated rings. The molecule has 3 atom stereocenters. The van der Waals surface area contributed by atoms with Crippen LogP contribution >= 0.6 is 0 Å². The Kier molecular flexibility index (Phi) is 3.76. The number of hydrogen-bond acceptors (Lipinski definition) is 3. The number of nitrogens with zero attached hydrogens (tertiary/aromatic N) is 1. The first kappa shape index (κ1) is 12.9. The third kappa shape index (κ3) is 2.77. The van der Waals surface area contributed by atoms with Gasteiger partial charge in [0.25, 0.3) is 0 Å². The molecule has 1 aromatic rings. The SMILES string of the molecule is CC1CNCC(C)CN(C2COc3ccccc32)C1. The number of hydrogen-bond donors (Lipinski definition) is 1. The molecule has 1 aromatic carbocycles. The summed E-state index contributed by atoms with van der Waals surface area (Å²) in [7, 11) is 0. The molecule has 0 aliphatic carbocycles. The van der Waals surface area contributed by atoms with E-state index in [1.807, 2.05) is 0 Å². The molecule has 2 aliphatic rings. The molecule has 3 unspecified atom stereocenters. The van der Waals surface area contributed by atoms with Gasteiger partial charge in [-0.1, -0.05) is 32.0 Å². The molecule has 0 bridgehead atoms. The summed E-state index contributed by atoms with van der Waals surface area (Å²) in [5.74, 6) is 2.47. The predicted octanol–water partition coefficient (Wildman–Crippen LogP) is 2.30. The Morgan fingerprint density at radius 3 is 2.53 bits per heavy atom. The van der Waals surface area contributed by atoms with Crippen LogP contribution in [0.1, 0.15) is 25.5 Å². The summed E-state index contributed by atoms with van der Waals surface area (Å²) in [6, 6.07) is 8.94. The fourth-order valence-corrected chi connectivity index (χ4v) is 3.28. The van der Waals surface area contributed by atoms with Crippen molar-refractivity contribution in [3.05, 3.63) is 29.8 Å². The molecule has 3 heteroatoms. The van der Waals surface area contributed by atoms with Gasteiger partial charge in [-0.05, 0) is 31.0 Å². The van der Waals surface area contributed by atoms with Crippen molar-refractivity contribution in [3.8, 4) is 5.75 Å². The molecule has 2 heterocycles. The zero-order valence-corrected chi connectivity index (χ0v) is 11.9. The van der Waals surface area contributed by atoms with Gasteiger partial charge >= 0.3 is 0 Å². The van der Waals surface area contributed by atoms with Crippen LogP contribution in [0.2, 0.25) is 0 Å². The molecular formula is C16H24N2O. The molecule has 2 aliphatic heterocycles. The van der Waals surface area contributed by atoms with Gasteiger partial charge in [0, 0.05) is 18.7 Å². The number of fused-ring (bicyclic) bond motifs is 1. The molecule has 0 aromatic heterocycles. The van der Waals surface area contributed by atoms with Crippen molar-refractivity contribution in [2.24, 2.45) is 11.8 Å². The summed E-state index contributed by atoms with van der Waals surface area (Å²) in [5, 5.41) is 3.56. The van der Waals surface area contributed by atoms with E-state index in [-0.39, 0.29) is 0 Å². The molecule has 3 rings (SSSR count). The van der Waals surface area contributed by atoms with Gasteiger partial charge in [-0.25, -0.2) is 0 Å². The molecule has 3 nitrogen and oxygen atoms in total. The zero-order chi connectivity index (χ0) is 13.2. The molecule has 19 heavy (non-hydrogen) atoms. The second kappa shape index (κ2) is 5.51. The molecule has 0 radical (unpaired) electrons. The van der Waals surface area contributed by atoms with Crippen molar-refractivity contribution < 1.29 is 4.74 Å². The topological polar surface area (TPSA) is 24.5 Å². The van der Waals surface area contributed by atoms with E-state index in [1.165, 1.54) is 5.56 Å². The monoisotopic (exact) mass is 260 g/mol. The van der Waals surface area contributed by atoms with Crippen LogP contribution in [0.25, 0.3) is 0 Å². The van der Waals surface area contributed by atoms with Crippen LogP contribution in [0.5, 0.6) is 5.75 Å². The number of benzene rings is 1. The smallest absolute Gasteiger partial charge is 0.124 e. The van der Waals surface area contributed by atoms with Crippen molar-refractivity contribution in [2.45, 2.75) is 19.9 Å². The van der Waals surface area contributed by atoms with Crippen LogP contribution in [0.4, 0.5) is 0 Å². The molecular weight excluding hydrogens is 236 g/mol. The molecule has 1 N–H and O–H groups in total. The number of rotatable bonds is 1. The highest BCUT2D eigenvalue weighted by molar-refractivity contribution is 5.39. The average molecular weight is 260 g/mol. The van der Waals surface area contributed by atoms with Crippen LogP contribution in [0.3, 0.4) is 0 Å². The van der Waals surface area contributed by atoms with Crippen LogP contribution in [0.15, 0.2) is 24.3 Å². The fraction of sp³-hybridized carbons (Fsp3) is 0.625. The Morgan fingerprint density at radius 2 is 1.79 bits per heavy atom. The van der Waals surface area contributed by atoms with E-state index >= 15 is 0 Å². The highest BCUT2D eigenvalue weighted by Crippen LogP contribution is 2.36. The van der Waals surface area contributed by atoms with E-state index in [1.54, 1.807) is 0 Å². The van der Waals surface area contributed by atoms with Gasteiger partial charge < -0.3 is 10.1 Å². The summed E-state index contributed by atoms with van der Waals surface area (Å²) < 4.78 is 5.85. The first-order valence-corrected chi connectivity index (χ1v) is 7.40. The second-order valence-corrected chi connectivity index (χ2v) is 6.19. The Morgan fingerprint density at radius 1 is 1.11 bits per heavy atom.